The number of nitrogens with zero attached hydrogens (tertiary/aromatic N) is 1. The quantitative estimate of drug-likeness (QED) is 0.829. The monoisotopic (exact) mass is 263 g/mol. The molecule has 1 aromatic heterocycles. The molecule has 19 heavy (non-hydrogen) atoms. The smallest absolute Gasteiger partial charge is 0.253 e. The van der Waals surface area contributed by atoms with E-state index in [9.17, 15) is 9.18 Å². The average Bonchev–Trinajstić information content (AvgIpc) is 2.70. The van der Waals surface area contributed by atoms with Crippen molar-refractivity contribution in [3.05, 3.63) is 46.6 Å². The lowest BCUT2D eigenvalue weighted by molar-refractivity contribution is 0.0951. The van der Waals surface area contributed by atoms with E-state index in [4.69, 9.17) is 10.3 Å². The second-order valence-corrected chi connectivity index (χ2v) is 4.19. The Bertz CT molecular complexity index is 603. The van der Waals surface area contributed by atoms with E-state index >= 15 is 0 Å². The van der Waals surface area contributed by atoms with Crippen LogP contribution in [0.4, 0.5) is 10.1 Å². The molecule has 0 unspecified atom stereocenters. The average molecular weight is 263 g/mol. The molecule has 0 aliphatic carbocycles. The van der Waals surface area contributed by atoms with Gasteiger partial charge in [-0.1, -0.05) is 11.2 Å². The van der Waals surface area contributed by atoms with Crippen LogP contribution in [0, 0.1) is 19.7 Å². The predicted molar refractivity (Wildman–Crippen MR) is 68.0 cm³/mol. The largest absolute Gasteiger partial charge is 0.396 e. The van der Waals surface area contributed by atoms with Crippen molar-refractivity contribution >= 4 is 11.6 Å². The summed E-state index contributed by atoms with van der Waals surface area (Å²) in [4.78, 5) is 11.9. The van der Waals surface area contributed by atoms with Gasteiger partial charge in [0.2, 0.25) is 0 Å². The van der Waals surface area contributed by atoms with Gasteiger partial charge in [-0.3, -0.25) is 4.79 Å². The van der Waals surface area contributed by atoms with Gasteiger partial charge in [0.05, 0.1) is 16.9 Å². The number of para-hydroxylation sites is 1. The number of nitrogens with two attached hydrogens (primary N) is 1. The Morgan fingerprint density at radius 3 is 2.84 bits per heavy atom. The summed E-state index contributed by atoms with van der Waals surface area (Å²) in [6.07, 6.45) is 0. The van der Waals surface area contributed by atoms with Crippen molar-refractivity contribution in [2.75, 3.05) is 5.73 Å². The van der Waals surface area contributed by atoms with E-state index in [1.54, 1.807) is 13.8 Å². The predicted octanol–water partition coefficient (Wildman–Crippen LogP) is 1.94. The molecule has 0 saturated carbocycles. The number of amides is 1. The Morgan fingerprint density at radius 1 is 1.47 bits per heavy atom. The minimum Gasteiger partial charge on any atom is -0.396 e. The van der Waals surface area contributed by atoms with E-state index in [-0.39, 0.29) is 17.8 Å². The van der Waals surface area contributed by atoms with E-state index < -0.39 is 11.7 Å². The molecule has 0 atom stereocenters. The Hall–Kier alpha value is -2.37. The van der Waals surface area contributed by atoms with Crippen LogP contribution in [0.2, 0.25) is 0 Å². The summed E-state index contributed by atoms with van der Waals surface area (Å²) in [6, 6.07) is 4.12. The summed E-state index contributed by atoms with van der Waals surface area (Å²) in [6.45, 7) is 3.81. The van der Waals surface area contributed by atoms with Crippen molar-refractivity contribution in [1.29, 1.82) is 0 Å². The van der Waals surface area contributed by atoms with E-state index in [0.29, 0.717) is 11.5 Å². The first kappa shape index (κ1) is 13.1. The van der Waals surface area contributed by atoms with Crippen LogP contribution in [-0.4, -0.2) is 11.1 Å². The van der Waals surface area contributed by atoms with Gasteiger partial charge >= 0.3 is 0 Å². The zero-order chi connectivity index (χ0) is 14.0. The zero-order valence-electron chi connectivity index (χ0n) is 10.7. The molecular weight excluding hydrogens is 249 g/mol. The highest BCUT2D eigenvalue weighted by atomic mass is 19.1. The fourth-order valence-electron chi connectivity index (χ4n) is 1.75. The summed E-state index contributed by atoms with van der Waals surface area (Å²) < 4.78 is 18.2. The molecule has 5 nitrogen and oxygen atoms in total. The summed E-state index contributed by atoms with van der Waals surface area (Å²) in [7, 11) is 0. The van der Waals surface area contributed by atoms with Crippen LogP contribution >= 0.6 is 0 Å². The van der Waals surface area contributed by atoms with Gasteiger partial charge in [-0.15, -0.1) is 0 Å². The molecule has 3 N–H and O–H groups in total. The number of hydrogen-bond acceptors (Lipinski definition) is 4. The third-order valence-corrected chi connectivity index (χ3v) is 2.90. The summed E-state index contributed by atoms with van der Waals surface area (Å²) in [5, 5.41) is 6.45. The van der Waals surface area contributed by atoms with E-state index in [2.05, 4.69) is 10.5 Å². The number of hydrogen-bond donors (Lipinski definition) is 2. The van der Waals surface area contributed by atoms with Crippen molar-refractivity contribution in [2.45, 2.75) is 20.4 Å². The van der Waals surface area contributed by atoms with Gasteiger partial charge < -0.3 is 15.6 Å². The second kappa shape index (κ2) is 5.09. The van der Waals surface area contributed by atoms with Crippen LogP contribution in [0.25, 0.3) is 0 Å². The fraction of sp³-hybridized carbons (Fsp3) is 0.231. The number of rotatable bonds is 3. The van der Waals surface area contributed by atoms with Gasteiger partial charge in [-0.25, -0.2) is 4.39 Å². The maximum atomic E-state index is 13.3. The van der Waals surface area contributed by atoms with Gasteiger partial charge in [0, 0.05) is 12.1 Å². The third kappa shape index (κ3) is 2.57. The van der Waals surface area contributed by atoms with E-state index in [0.717, 1.165) is 5.56 Å². The minimum atomic E-state index is -0.606. The molecule has 2 aromatic rings. The number of halogens is 1. The number of carbonyl (C=O) groups excluding carboxylic acids is 1. The molecule has 0 spiro atoms. The number of nitrogen functional groups attached to an aromatic ring is 1. The van der Waals surface area contributed by atoms with Crippen LogP contribution in [0.15, 0.2) is 22.7 Å². The number of carbonyl (C=O) groups is 1. The molecule has 1 amide bonds. The number of aryl methyl sites for hydroxylation is 2. The molecule has 2 rings (SSSR count). The van der Waals surface area contributed by atoms with Crippen LogP contribution in [0.1, 0.15) is 27.4 Å². The highest BCUT2D eigenvalue weighted by Crippen LogP contribution is 2.16. The van der Waals surface area contributed by atoms with Crippen molar-refractivity contribution in [1.82, 2.24) is 10.5 Å². The highest BCUT2D eigenvalue weighted by Gasteiger charge is 2.14. The number of anilines is 1. The Labute approximate surface area is 109 Å². The van der Waals surface area contributed by atoms with Gasteiger partial charge in [0.1, 0.15) is 11.6 Å². The lowest BCUT2D eigenvalue weighted by atomic mass is 10.1. The molecule has 0 radical (unpaired) electrons. The number of nitrogens with one attached hydrogen (secondary N) is 1. The van der Waals surface area contributed by atoms with Gasteiger partial charge in [0.25, 0.3) is 5.91 Å². The maximum absolute atomic E-state index is 13.3. The zero-order valence-corrected chi connectivity index (χ0v) is 10.7. The van der Waals surface area contributed by atoms with Crippen LogP contribution < -0.4 is 11.1 Å². The molecular formula is C13H14FN3O2. The Kier molecular flexibility index (Phi) is 3.50. The lowest BCUT2D eigenvalue weighted by Gasteiger charge is -2.07. The number of benzene rings is 1. The molecule has 0 bridgehead atoms. The van der Waals surface area contributed by atoms with Crippen LogP contribution in [-0.2, 0) is 6.54 Å². The highest BCUT2D eigenvalue weighted by molar-refractivity contribution is 5.99. The fourth-order valence-corrected chi connectivity index (χ4v) is 1.75. The molecule has 100 valence electrons. The van der Waals surface area contributed by atoms with Crippen molar-refractivity contribution in [3.63, 3.8) is 0 Å². The third-order valence-electron chi connectivity index (χ3n) is 2.90. The first-order valence-electron chi connectivity index (χ1n) is 5.74. The molecule has 0 aliphatic rings. The van der Waals surface area contributed by atoms with Gasteiger partial charge in [-0.2, -0.15) is 0 Å². The summed E-state index contributed by atoms with van der Waals surface area (Å²) >= 11 is 0. The van der Waals surface area contributed by atoms with E-state index in [1.165, 1.54) is 18.2 Å². The topological polar surface area (TPSA) is 81.2 Å². The molecule has 0 saturated heterocycles. The van der Waals surface area contributed by atoms with Crippen LogP contribution in [0.5, 0.6) is 0 Å². The SMILES string of the molecule is Cc1noc(C)c1CNC(=O)c1cccc(F)c1N. The van der Waals surface area contributed by atoms with Crippen molar-refractivity contribution in [3.8, 4) is 0 Å². The molecule has 0 aliphatic heterocycles. The van der Waals surface area contributed by atoms with Crippen LogP contribution in [0.3, 0.4) is 0 Å². The summed E-state index contributed by atoms with van der Waals surface area (Å²) in [5.74, 6) is -0.396. The molecule has 0 fully saturated rings. The first-order valence-corrected chi connectivity index (χ1v) is 5.74. The Balaban J connectivity index is 2.12. The van der Waals surface area contributed by atoms with Crippen molar-refractivity contribution < 1.29 is 13.7 Å². The lowest BCUT2D eigenvalue weighted by Crippen LogP contribution is -2.24. The molecule has 1 aromatic carbocycles. The Morgan fingerprint density at radius 2 is 2.21 bits per heavy atom. The molecule has 6 heteroatoms. The maximum Gasteiger partial charge on any atom is 0.253 e. The second-order valence-electron chi connectivity index (χ2n) is 4.19. The van der Waals surface area contributed by atoms with Crippen molar-refractivity contribution in [2.24, 2.45) is 0 Å². The first-order chi connectivity index (χ1) is 9.00. The van der Waals surface area contributed by atoms with E-state index in [1.807, 2.05) is 0 Å². The van der Waals surface area contributed by atoms with Gasteiger partial charge in [0.15, 0.2) is 0 Å². The van der Waals surface area contributed by atoms with Gasteiger partial charge in [-0.05, 0) is 26.0 Å². The number of aromatic nitrogens is 1. The normalized spacial score (nSPS) is 10.5. The minimum absolute atomic E-state index is 0.117. The summed E-state index contributed by atoms with van der Waals surface area (Å²) in [5.41, 5.74) is 7.01. The molecule has 1 heterocycles. The standard InChI is InChI=1S/C13H14FN3O2/c1-7-10(8(2)19-17-7)6-16-13(18)9-4-3-5-11(14)12(9)15/h3-5H,6,15H2,1-2H3,(H,16,18).